The van der Waals surface area contributed by atoms with Crippen LogP contribution in [0.2, 0.25) is 0 Å². The van der Waals surface area contributed by atoms with Gasteiger partial charge >= 0.3 is 6.03 Å². The number of ether oxygens (including phenoxy) is 1. The van der Waals surface area contributed by atoms with E-state index in [1.54, 1.807) is 13.8 Å². The molecule has 0 aliphatic carbocycles. The summed E-state index contributed by atoms with van der Waals surface area (Å²) in [6.07, 6.45) is -0.829. The van der Waals surface area contributed by atoms with Crippen LogP contribution in [0.1, 0.15) is 25.8 Å². The number of amides is 4. The molecule has 2 fully saturated rings. The monoisotopic (exact) mass is 594 g/mol. The first-order valence-corrected chi connectivity index (χ1v) is 15.5. The first-order chi connectivity index (χ1) is 18.7. The Morgan fingerprint density at radius 2 is 1.77 bits per heavy atom. The molecule has 3 atom stereocenters. The highest BCUT2D eigenvalue weighted by atomic mass is 32.2. The number of anilines is 1. The summed E-state index contributed by atoms with van der Waals surface area (Å²) in [5.74, 6) is -2.86. The topological polar surface area (TPSA) is 159 Å². The number of sulfonamides is 1. The van der Waals surface area contributed by atoms with Gasteiger partial charge in [0.15, 0.2) is 9.84 Å². The van der Waals surface area contributed by atoms with Crippen molar-refractivity contribution in [3.63, 3.8) is 0 Å². The van der Waals surface area contributed by atoms with Crippen LogP contribution in [0.3, 0.4) is 0 Å². The third kappa shape index (κ3) is 4.87. The zero-order valence-electron chi connectivity index (χ0n) is 21.6. The number of morpholine rings is 1. The minimum Gasteiger partial charge on any atom is -0.373 e. The van der Waals surface area contributed by atoms with Gasteiger partial charge in [-0.2, -0.15) is 4.31 Å². The van der Waals surface area contributed by atoms with Gasteiger partial charge in [0.1, 0.15) is 17.9 Å². The number of sulfone groups is 1. The molecule has 15 heteroatoms. The molecule has 3 heterocycles. The van der Waals surface area contributed by atoms with Crippen molar-refractivity contribution in [3.8, 4) is 0 Å². The maximum atomic E-state index is 14.1. The molecule has 2 N–H and O–H groups in total. The molecule has 214 valence electrons. The molecule has 1 spiro atoms. The lowest BCUT2D eigenvalue weighted by molar-refractivity contribution is -0.134. The molecule has 12 nitrogen and oxygen atoms in total. The van der Waals surface area contributed by atoms with Crippen LogP contribution in [0.5, 0.6) is 0 Å². The highest BCUT2D eigenvalue weighted by Crippen LogP contribution is 2.41. The van der Waals surface area contributed by atoms with Crippen LogP contribution in [-0.2, 0) is 39.7 Å². The van der Waals surface area contributed by atoms with Crippen LogP contribution in [0.15, 0.2) is 52.3 Å². The van der Waals surface area contributed by atoms with Gasteiger partial charge < -0.3 is 15.4 Å². The fourth-order valence-corrected chi connectivity index (χ4v) is 8.52. The number of nitrogens with zero attached hydrogens (tertiary/aromatic N) is 2. The Kier molecular flexibility index (Phi) is 6.97. The van der Waals surface area contributed by atoms with Crippen LogP contribution in [0.4, 0.5) is 14.9 Å². The van der Waals surface area contributed by atoms with Gasteiger partial charge in [-0.25, -0.2) is 26.0 Å². The highest BCUT2D eigenvalue weighted by molar-refractivity contribution is 7.91. The molecular formula is C25H27FN4O8S2. The van der Waals surface area contributed by atoms with Gasteiger partial charge in [-0.05, 0) is 62.7 Å². The Labute approximate surface area is 230 Å². The number of hydrogen-bond acceptors (Lipinski definition) is 8. The highest BCUT2D eigenvalue weighted by Gasteiger charge is 2.56. The summed E-state index contributed by atoms with van der Waals surface area (Å²) in [7, 11) is -7.58. The number of rotatable bonds is 5. The third-order valence-electron chi connectivity index (χ3n) is 7.12. The molecule has 3 aliphatic heterocycles. The summed E-state index contributed by atoms with van der Waals surface area (Å²) < 4.78 is 72.1. The van der Waals surface area contributed by atoms with Crippen molar-refractivity contribution in [2.24, 2.45) is 0 Å². The molecule has 0 aromatic heterocycles. The normalized spacial score (nSPS) is 26.4. The van der Waals surface area contributed by atoms with Crippen molar-refractivity contribution >= 4 is 43.4 Å². The molecule has 3 aliphatic rings. The Bertz CT molecular complexity index is 1600. The number of imide groups is 1. The molecule has 2 aromatic rings. The second kappa shape index (κ2) is 9.90. The molecule has 4 amide bonds. The van der Waals surface area contributed by atoms with Crippen LogP contribution in [0, 0.1) is 5.82 Å². The second-order valence-corrected chi connectivity index (χ2v) is 14.1. The molecule has 0 saturated carbocycles. The summed E-state index contributed by atoms with van der Waals surface area (Å²) in [5.41, 5.74) is -1.77. The Morgan fingerprint density at radius 1 is 1.12 bits per heavy atom. The van der Waals surface area contributed by atoms with Crippen LogP contribution in [-0.4, -0.2) is 81.5 Å². The zero-order valence-corrected chi connectivity index (χ0v) is 23.2. The van der Waals surface area contributed by atoms with Crippen LogP contribution >= 0.6 is 0 Å². The van der Waals surface area contributed by atoms with Gasteiger partial charge in [0.05, 0.1) is 27.8 Å². The van der Waals surface area contributed by atoms with Crippen LogP contribution in [0.25, 0.3) is 0 Å². The van der Waals surface area contributed by atoms with Gasteiger partial charge in [0, 0.05) is 24.3 Å². The average molecular weight is 595 g/mol. The van der Waals surface area contributed by atoms with Crippen molar-refractivity contribution < 1.29 is 40.3 Å². The van der Waals surface area contributed by atoms with Crippen molar-refractivity contribution in [1.29, 1.82) is 0 Å². The molecular weight excluding hydrogens is 567 g/mol. The van der Waals surface area contributed by atoms with Crippen molar-refractivity contribution in [2.75, 3.05) is 30.7 Å². The SMILES string of the molecule is C[C@@H]1CN(S(=O)(=O)c2ccc(NC(=O)CN3C(=O)N[C@]4(CCS(=O)(=O)c5ccc(F)cc54)C3=O)cc2)C[C@@H](C)O1. The predicted octanol–water partition coefficient (Wildman–Crippen LogP) is 1.19. The van der Waals surface area contributed by atoms with Gasteiger partial charge in [0.25, 0.3) is 5.91 Å². The van der Waals surface area contributed by atoms with E-state index in [4.69, 9.17) is 4.74 Å². The lowest BCUT2D eigenvalue weighted by atomic mass is 9.86. The number of hydrogen-bond donors (Lipinski definition) is 2. The van der Waals surface area contributed by atoms with E-state index in [0.717, 1.165) is 18.2 Å². The molecule has 40 heavy (non-hydrogen) atoms. The van der Waals surface area contributed by atoms with E-state index in [9.17, 15) is 35.6 Å². The largest absolute Gasteiger partial charge is 0.373 e. The summed E-state index contributed by atoms with van der Waals surface area (Å²) in [6, 6.07) is 7.44. The first-order valence-electron chi connectivity index (χ1n) is 12.5. The molecule has 0 bridgehead atoms. The van der Waals surface area contributed by atoms with E-state index in [1.165, 1.54) is 28.6 Å². The summed E-state index contributed by atoms with van der Waals surface area (Å²) in [5, 5.41) is 4.98. The third-order valence-corrected chi connectivity index (χ3v) is 10.7. The number of halogens is 1. The lowest BCUT2D eigenvalue weighted by Crippen LogP contribution is -2.49. The van der Waals surface area contributed by atoms with E-state index < -0.39 is 61.4 Å². The first kappa shape index (κ1) is 28.1. The summed E-state index contributed by atoms with van der Waals surface area (Å²) >= 11 is 0. The minimum absolute atomic E-state index is 0.0287. The van der Waals surface area contributed by atoms with E-state index in [-0.39, 0.29) is 52.8 Å². The summed E-state index contributed by atoms with van der Waals surface area (Å²) in [6.45, 7) is 3.30. The van der Waals surface area contributed by atoms with Crippen molar-refractivity contribution in [1.82, 2.24) is 14.5 Å². The van der Waals surface area contributed by atoms with Crippen molar-refractivity contribution in [3.05, 3.63) is 53.8 Å². The number of carbonyl (C=O) groups is 3. The standard InChI is InChI=1S/C25H27FN4O8S2/c1-15-12-29(13-16(2)38-15)40(36,37)19-6-4-18(5-7-19)27-22(31)14-30-23(32)25(28-24(30)33)9-10-39(34,35)21-8-3-17(26)11-20(21)25/h3-8,11,15-16H,9-10,12-14H2,1-2H3,(H,27,31)(H,28,33)/t15-,16-,25+/m1/s1. The minimum atomic E-state index is -3.79. The average Bonchev–Trinajstić information content (AvgIpc) is 3.11. The number of nitrogens with one attached hydrogen (secondary N) is 2. The van der Waals surface area contributed by atoms with Crippen molar-refractivity contribution in [2.45, 2.75) is 47.8 Å². The van der Waals surface area contributed by atoms with Crippen LogP contribution < -0.4 is 10.6 Å². The summed E-state index contributed by atoms with van der Waals surface area (Å²) in [4.78, 5) is 39.3. The Balaban J connectivity index is 1.30. The Hall–Kier alpha value is -3.40. The number of benzene rings is 2. The fraction of sp³-hybridized carbons (Fsp3) is 0.400. The van der Waals surface area contributed by atoms with E-state index in [2.05, 4.69) is 10.6 Å². The van der Waals surface area contributed by atoms with Gasteiger partial charge in [-0.1, -0.05) is 0 Å². The van der Waals surface area contributed by atoms with Gasteiger partial charge in [-0.15, -0.1) is 0 Å². The molecule has 2 aromatic carbocycles. The fourth-order valence-electron chi connectivity index (χ4n) is 5.29. The van der Waals surface area contributed by atoms with E-state index in [0.29, 0.717) is 4.90 Å². The maximum absolute atomic E-state index is 14.1. The predicted molar refractivity (Wildman–Crippen MR) is 139 cm³/mol. The molecule has 5 rings (SSSR count). The maximum Gasteiger partial charge on any atom is 0.325 e. The van der Waals surface area contributed by atoms with E-state index >= 15 is 0 Å². The quantitative estimate of drug-likeness (QED) is 0.386. The van der Waals surface area contributed by atoms with E-state index in [1.807, 2.05) is 0 Å². The van der Waals surface area contributed by atoms with Gasteiger partial charge in [-0.3, -0.25) is 14.5 Å². The lowest BCUT2D eigenvalue weighted by Gasteiger charge is -2.34. The molecule has 0 unspecified atom stereocenters. The second-order valence-electron chi connectivity index (χ2n) is 10.1. The molecule has 0 radical (unpaired) electrons. The van der Waals surface area contributed by atoms with Gasteiger partial charge in [0.2, 0.25) is 15.9 Å². The number of fused-ring (bicyclic) bond motifs is 2. The smallest absolute Gasteiger partial charge is 0.325 e. The number of urea groups is 1. The molecule has 2 saturated heterocycles. The zero-order chi connectivity index (χ0) is 29.0. The number of carbonyl (C=O) groups excluding carboxylic acids is 3. The Morgan fingerprint density at radius 3 is 2.42 bits per heavy atom.